The van der Waals surface area contributed by atoms with E-state index in [1.807, 2.05) is 35.6 Å². The molecule has 1 N–H and O–H groups in total. The number of rotatable bonds is 7. The van der Waals surface area contributed by atoms with Gasteiger partial charge in [-0.25, -0.2) is 9.78 Å². The van der Waals surface area contributed by atoms with Gasteiger partial charge in [0.15, 0.2) is 0 Å². The molecule has 4 rings (SSSR count). The van der Waals surface area contributed by atoms with Crippen LogP contribution in [0.25, 0.3) is 11.5 Å². The van der Waals surface area contributed by atoms with Crippen molar-refractivity contribution in [3.63, 3.8) is 0 Å². The molecule has 29 heavy (non-hydrogen) atoms. The Kier molecular flexibility index (Phi) is 5.07. The van der Waals surface area contributed by atoms with Gasteiger partial charge in [-0.3, -0.25) is 19.8 Å². The number of para-hydroxylation sites is 1. The van der Waals surface area contributed by atoms with Crippen molar-refractivity contribution in [2.75, 3.05) is 6.61 Å². The van der Waals surface area contributed by atoms with Crippen molar-refractivity contribution in [3.05, 3.63) is 72.1 Å². The van der Waals surface area contributed by atoms with Gasteiger partial charge in [0.2, 0.25) is 5.89 Å². The number of benzene rings is 2. The molecule has 8 heteroatoms. The predicted molar refractivity (Wildman–Crippen MR) is 102 cm³/mol. The molecule has 146 valence electrons. The average molecular weight is 391 g/mol. The lowest BCUT2D eigenvalue weighted by Crippen LogP contribution is -2.30. The van der Waals surface area contributed by atoms with Gasteiger partial charge in [0.25, 0.3) is 0 Å². The number of oxazole rings is 1. The average Bonchev–Trinajstić information content (AvgIpc) is 3.30. The summed E-state index contributed by atoms with van der Waals surface area (Å²) in [6, 6.07) is 15.9. The van der Waals surface area contributed by atoms with Crippen molar-refractivity contribution in [3.8, 4) is 17.2 Å². The van der Waals surface area contributed by atoms with Crippen LogP contribution >= 0.6 is 0 Å². The maximum absolute atomic E-state index is 11.8. The minimum absolute atomic E-state index is 0.0469. The number of urea groups is 1. The molecule has 2 aromatic carbocycles. The fourth-order valence-corrected chi connectivity index (χ4v) is 2.92. The summed E-state index contributed by atoms with van der Waals surface area (Å²) in [6.45, 7) is 0.283. The van der Waals surface area contributed by atoms with Gasteiger partial charge in [0.05, 0.1) is 18.8 Å². The first kappa shape index (κ1) is 18.4. The lowest BCUT2D eigenvalue weighted by molar-refractivity contribution is -0.140. The van der Waals surface area contributed by atoms with E-state index in [4.69, 9.17) is 9.15 Å². The third-order valence-corrected chi connectivity index (χ3v) is 4.39. The molecule has 1 saturated heterocycles. The number of carbonyl (C=O) groups excluding carboxylic acids is 3. The number of carbonyl (C=O) groups is 3. The molecule has 0 unspecified atom stereocenters. The quantitative estimate of drug-likeness (QED) is 0.491. The number of nitrogens with one attached hydrogen (secondary N) is 1. The van der Waals surface area contributed by atoms with Gasteiger partial charge in [-0.15, -0.1) is 0 Å². The van der Waals surface area contributed by atoms with Crippen LogP contribution < -0.4 is 10.1 Å². The number of amides is 4. The Hall–Kier alpha value is -3.94. The predicted octanol–water partition coefficient (Wildman–Crippen LogP) is 2.54. The normalized spacial score (nSPS) is 13.7. The van der Waals surface area contributed by atoms with Crippen molar-refractivity contribution in [1.82, 2.24) is 15.2 Å². The number of nitrogens with zero attached hydrogens (tertiary/aromatic N) is 2. The van der Waals surface area contributed by atoms with Crippen molar-refractivity contribution in [2.24, 2.45) is 0 Å². The number of hydrogen-bond acceptors (Lipinski definition) is 6. The minimum atomic E-state index is -0.923. The van der Waals surface area contributed by atoms with Gasteiger partial charge >= 0.3 is 17.8 Å². The summed E-state index contributed by atoms with van der Waals surface area (Å²) in [5, 5.41) is 1.98. The maximum Gasteiger partial charge on any atom is 0.331 e. The van der Waals surface area contributed by atoms with E-state index in [-0.39, 0.29) is 6.54 Å². The van der Waals surface area contributed by atoms with E-state index in [2.05, 4.69) is 4.98 Å². The van der Waals surface area contributed by atoms with Crippen LogP contribution in [0.3, 0.4) is 0 Å². The molecule has 1 aliphatic rings. The summed E-state index contributed by atoms with van der Waals surface area (Å²) in [7, 11) is 0. The van der Waals surface area contributed by atoms with E-state index >= 15 is 0 Å². The summed E-state index contributed by atoms with van der Waals surface area (Å²) in [5.41, 5.74) is 2.27. The molecule has 1 aromatic heterocycles. The zero-order valence-electron chi connectivity index (χ0n) is 15.3. The second kappa shape index (κ2) is 7.97. The third-order valence-electron chi connectivity index (χ3n) is 4.39. The summed E-state index contributed by atoms with van der Waals surface area (Å²) in [5.74, 6) is -0.724. The SMILES string of the molecule is O=C1NC(=O)N(Cc2ccccc2OCCc2coc(-c3ccccc3)n2)C1=O. The molecule has 1 fully saturated rings. The number of imide groups is 2. The second-order valence-electron chi connectivity index (χ2n) is 6.37. The molecule has 4 amide bonds. The van der Waals surface area contributed by atoms with Crippen LogP contribution in [-0.4, -0.2) is 34.3 Å². The first-order chi connectivity index (χ1) is 14.1. The molecular weight excluding hydrogens is 374 g/mol. The lowest BCUT2D eigenvalue weighted by Gasteiger charge is -2.15. The molecule has 0 spiro atoms. The highest BCUT2D eigenvalue weighted by Crippen LogP contribution is 2.22. The first-order valence-electron chi connectivity index (χ1n) is 8.99. The van der Waals surface area contributed by atoms with E-state index in [1.165, 1.54) is 0 Å². The largest absolute Gasteiger partial charge is 0.493 e. The van der Waals surface area contributed by atoms with Crippen molar-refractivity contribution in [1.29, 1.82) is 0 Å². The van der Waals surface area contributed by atoms with Crippen LogP contribution in [0.1, 0.15) is 11.3 Å². The molecule has 0 bridgehead atoms. The third kappa shape index (κ3) is 4.01. The van der Waals surface area contributed by atoms with Gasteiger partial charge in [0.1, 0.15) is 12.0 Å². The van der Waals surface area contributed by atoms with Crippen molar-refractivity contribution in [2.45, 2.75) is 13.0 Å². The van der Waals surface area contributed by atoms with Gasteiger partial charge in [-0.1, -0.05) is 36.4 Å². The Labute approximate surface area is 166 Å². The zero-order chi connectivity index (χ0) is 20.2. The number of ether oxygens (including phenoxy) is 1. The Morgan fingerprint density at radius 3 is 2.52 bits per heavy atom. The fraction of sp³-hybridized carbons (Fsp3) is 0.143. The van der Waals surface area contributed by atoms with E-state index < -0.39 is 17.8 Å². The topological polar surface area (TPSA) is 102 Å². The Balaban J connectivity index is 1.39. The Morgan fingerprint density at radius 1 is 1.00 bits per heavy atom. The molecule has 1 aliphatic heterocycles. The number of aromatic nitrogens is 1. The molecule has 3 aromatic rings. The second-order valence-corrected chi connectivity index (χ2v) is 6.37. The van der Waals surface area contributed by atoms with Crippen LogP contribution in [0.5, 0.6) is 5.75 Å². The highest BCUT2D eigenvalue weighted by molar-refractivity contribution is 6.44. The summed E-state index contributed by atoms with van der Waals surface area (Å²) in [4.78, 5) is 40.2. The Bertz CT molecular complexity index is 1060. The van der Waals surface area contributed by atoms with Gasteiger partial charge in [-0.05, 0) is 18.2 Å². The lowest BCUT2D eigenvalue weighted by atomic mass is 10.2. The molecule has 2 heterocycles. The molecule has 0 atom stereocenters. The zero-order valence-corrected chi connectivity index (χ0v) is 15.3. The standard InChI is InChI=1S/C21H17N3O5/c25-18-20(26)24(21(27)23-18)12-15-8-4-5-9-17(15)28-11-10-16-13-29-19(22-16)14-6-2-1-3-7-14/h1-9,13H,10-12H2,(H,23,25,27). The monoisotopic (exact) mass is 391 g/mol. The van der Waals surface area contributed by atoms with Crippen molar-refractivity contribution >= 4 is 17.8 Å². The van der Waals surface area contributed by atoms with Crippen LogP contribution in [0.4, 0.5) is 4.79 Å². The maximum atomic E-state index is 11.8. The fourth-order valence-electron chi connectivity index (χ4n) is 2.92. The van der Waals surface area contributed by atoms with E-state index in [1.54, 1.807) is 30.5 Å². The highest BCUT2D eigenvalue weighted by Gasteiger charge is 2.37. The molecular formula is C21H17N3O5. The van der Waals surface area contributed by atoms with Gasteiger partial charge in [-0.2, -0.15) is 0 Å². The van der Waals surface area contributed by atoms with Crippen molar-refractivity contribution < 1.29 is 23.5 Å². The summed E-state index contributed by atoms with van der Waals surface area (Å²) in [6.07, 6.45) is 2.11. The van der Waals surface area contributed by atoms with E-state index in [9.17, 15) is 14.4 Å². The van der Waals surface area contributed by atoms with Crippen LogP contribution in [0.2, 0.25) is 0 Å². The molecule has 0 radical (unpaired) electrons. The molecule has 0 aliphatic carbocycles. The van der Waals surface area contributed by atoms with Gasteiger partial charge in [0, 0.05) is 17.5 Å². The van der Waals surface area contributed by atoms with Crippen LogP contribution in [-0.2, 0) is 22.6 Å². The minimum Gasteiger partial charge on any atom is -0.493 e. The van der Waals surface area contributed by atoms with E-state index in [0.29, 0.717) is 30.2 Å². The van der Waals surface area contributed by atoms with Crippen LogP contribution in [0, 0.1) is 0 Å². The number of hydrogen-bond donors (Lipinski definition) is 1. The Morgan fingerprint density at radius 2 is 1.76 bits per heavy atom. The molecule has 8 nitrogen and oxygen atoms in total. The highest BCUT2D eigenvalue weighted by atomic mass is 16.5. The van der Waals surface area contributed by atoms with Crippen LogP contribution in [0.15, 0.2) is 65.3 Å². The smallest absolute Gasteiger partial charge is 0.331 e. The summed E-state index contributed by atoms with van der Waals surface area (Å²) < 4.78 is 11.3. The van der Waals surface area contributed by atoms with E-state index in [0.717, 1.165) is 16.2 Å². The first-order valence-corrected chi connectivity index (χ1v) is 8.99. The molecule has 0 saturated carbocycles. The van der Waals surface area contributed by atoms with Gasteiger partial charge < -0.3 is 9.15 Å². The summed E-state index contributed by atoms with van der Waals surface area (Å²) >= 11 is 0.